The van der Waals surface area contributed by atoms with Crippen molar-refractivity contribution < 1.29 is 14.3 Å². The number of rotatable bonds is 6. The molecule has 0 bridgehead atoms. The molecule has 0 unspecified atom stereocenters. The Morgan fingerprint density at radius 1 is 1.07 bits per heavy atom. The van der Waals surface area contributed by atoms with Gasteiger partial charge in [-0.15, -0.1) is 11.3 Å². The van der Waals surface area contributed by atoms with Crippen LogP contribution in [0.3, 0.4) is 0 Å². The number of imide groups is 1. The topological polar surface area (TPSA) is 53.1 Å². The smallest absolute Gasteiger partial charge is 0.251 e. The van der Waals surface area contributed by atoms with Crippen LogP contribution in [0.1, 0.15) is 18.2 Å². The molecule has 8 heteroatoms. The van der Waals surface area contributed by atoms with Crippen molar-refractivity contribution in [2.45, 2.75) is 25.9 Å². The molecule has 29 heavy (non-hydrogen) atoms. The molecule has 0 spiro atoms. The van der Waals surface area contributed by atoms with Crippen LogP contribution in [0.25, 0.3) is 0 Å². The molecule has 1 aromatic carbocycles. The summed E-state index contributed by atoms with van der Waals surface area (Å²) in [4.78, 5) is 32.8. The Balaban J connectivity index is 1.36. The molecule has 0 saturated carbocycles. The molecule has 154 valence electrons. The Labute approximate surface area is 183 Å². The molecule has 2 amide bonds. The van der Waals surface area contributed by atoms with Crippen LogP contribution in [-0.4, -0.2) is 60.4 Å². The van der Waals surface area contributed by atoms with Crippen molar-refractivity contribution in [2.24, 2.45) is 0 Å². The number of nitrogens with zero attached hydrogens (tertiary/aromatic N) is 3. The highest BCUT2D eigenvalue weighted by molar-refractivity contribution is 9.11. The van der Waals surface area contributed by atoms with Gasteiger partial charge in [0.05, 0.1) is 28.5 Å². The summed E-state index contributed by atoms with van der Waals surface area (Å²) in [7, 11) is 0. The summed E-state index contributed by atoms with van der Waals surface area (Å²) in [6.45, 7) is 6.83. The van der Waals surface area contributed by atoms with Crippen LogP contribution < -0.4 is 9.64 Å². The van der Waals surface area contributed by atoms with Crippen LogP contribution in [0, 0.1) is 0 Å². The molecule has 6 nitrogen and oxygen atoms in total. The van der Waals surface area contributed by atoms with E-state index in [0.29, 0.717) is 12.3 Å². The molecule has 0 radical (unpaired) electrons. The molecule has 0 aliphatic carbocycles. The SMILES string of the molecule is CCOc1ccc(N2C(=O)C[C@@H](N3CCN(Cc4ccc(Br)s4)CC3)C2=O)cc1. The summed E-state index contributed by atoms with van der Waals surface area (Å²) < 4.78 is 6.59. The number of hydrogen-bond acceptors (Lipinski definition) is 6. The van der Waals surface area contributed by atoms with Gasteiger partial charge in [0, 0.05) is 37.6 Å². The van der Waals surface area contributed by atoms with Crippen molar-refractivity contribution in [3.63, 3.8) is 0 Å². The fourth-order valence-corrected chi connectivity index (χ4v) is 5.45. The number of amides is 2. The van der Waals surface area contributed by atoms with E-state index in [1.807, 2.05) is 6.92 Å². The summed E-state index contributed by atoms with van der Waals surface area (Å²) in [5.74, 6) is 0.491. The van der Waals surface area contributed by atoms with Crippen LogP contribution in [-0.2, 0) is 16.1 Å². The van der Waals surface area contributed by atoms with Crippen LogP contribution in [0.15, 0.2) is 40.2 Å². The number of ether oxygens (including phenoxy) is 1. The maximum atomic E-state index is 13.0. The van der Waals surface area contributed by atoms with E-state index in [1.165, 1.54) is 9.78 Å². The standard InChI is InChI=1S/C21H24BrN3O3S/c1-2-28-16-5-3-15(4-6-16)25-20(26)13-18(21(25)27)24-11-9-23(10-12-24)14-17-7-8-19(22)29-17/h3-8,18H,2,9-14H2,1H3/t18-/m1/s1. The number of hydrogen-bond donors (Lipinski definition) is 0. The van der Waals surface area contributed by atoms with E-state index in [1.54, 1.807) is 35.6 Å². The first-order valence-corrected chi connectivity index (χ1v) is 11.5. The lowest BCUT2D eigenvalue weighted by atomic mass is 10.1. The molecule has 2 fully saturated rings. The van der Waals surface area contributed by atoms with Gasteiger partial charge in [0.1, 0.15) is 5.75 Å². The highest BCUT2D eigenvalue weighted by Gasteiger charge is 2.43. The van der Waals surface area contributed by atoms with E-state index in [2.05, 4.69) is 37.9 Å². The van der Waals surface area contributed by atoms with Gasteiger partial charge in [-0.25, -0.2) is 4.90 Å². The Morgan fingerprint density at radius 2 is 1.79 bits per heavy atom. The molecule has 3 heterocycles. The summed E-state index contributed by atoms with van der Waals surface area (Å²) in [6, 6.07) is 11.0. The second-order valence-corrected chi connectivity index (χ2v) is 9.78. The maximum absolute atomic E-state index is 13.0. The predicted octanol–water partition coefficient (Wildman–Crippen LogP) is 3.36. The van der Waals surface area contributed by atoms with Crippen molar-refractivity contribution in [3.05, 3.63) is 45.1 Å². The minimum absolute atomic E-state index is 0.116. The lowest BCUT2D eigenvalue weighted by Crippen LogP contribution is -2.52. The average molecular weight is 478 g/mol. The Bertz CT molecular complexity index is 878. The number of carbonyl (C=O) groups is 2. The minimum atomic E-state index is -0.355. The molecule has 2 saturated heterocycles. The number of halogens is 1. The molecule has 2 aliphatic rings. The summed E-state index contributed by atoms with van der Waals surface area (Å²) in [6.07, 6.45) is 0.254. The van der Waals surface area contributed by atoms with Gasteiger partial charge in [-0.3, -0.25) is 19.4 Å². The van der Waals surface area contributed by atoms with Crippen LogP contribution in [0.4, 0.5) is 5.69 Å². The van der Waals surface area contributed by atoms with Gasteiger partial charge in [-0.2, -0.15) is 0 Å². The van der Waals surface area contributed by atoms with Crippen LogP contribution in [0.2, 0.25) is 0 Å². The van der Waals surface area contributed by atoms with E-state index in [-0.39, 0.29) is 24.3 Å². The highest BCUT2D eigenvalue weighted by atomic mass is 79.9. The van der Waals surface area contributed by atoms with Crippen molar-refractivity contribution in [2.75, 3.05) is 37.7 Å². The van der Waals surface area contributed by atoms with E-state index < -0.39 is 0 Å². The normalized spacial score (nSPS) is 21.2. The predicted molar refractivity (Wildman–Crippen MR) is 117 cm³/mol. The highest BCUT2D eigenvalue weighted by Crippen LogP contribution is 2.28. The Kier molecular flexibility index (Phi) is 6.34. The molecule has 1 atom stereocenters. The number of benzene rings is 1. The molecule has 4 rings (SSSR count). The third-order valence-electron chi connectivity index (χ3n) is 5.38. The van der Waals surface area contributed by atoms with Gasteiger partial charge in [-0.05, 0) is 59.3 Å². The molecular weight excluding hydrogens is 454 g/mol. The third-order valence-corrected chi connectivity index (χ3v) is 6.99. The van der Waals surface area contributed by atoms with Crippen molar-refractivity contribution in [1.82, 2.24) is 9.80 Å². The monoisotopic (exact) mass is 477 g/mol. The van der Waals surface area contributed by atoms with E-state index >= 15 is 0 Å². The zero-order chi connectivity index (χ0) is 20.4. The Hall–Kier alpha value is -1.74. The fraction of sp³-hybridized carbons (Fsp3) is 0.429. The lowest BCUT2D eigenvalue weighted by Gasteiger charge is -2.36. The van der Waals surface area contributed by atoms with Crippen molar-refractivity contribution in [1.29, 1.82) is 0 Å². The summed E-state index contributed by atoms with van der Waals surface area (Å²) in [5, 5.41) is 0. The number of thiophene rings is 1. The first-order valence-electron chi connectivity index (χ1n) is 9.85. The first-order chi connectivity index (χ1) is 14.0. The number of anilines is 1. The largest absolute Gasteiger partial charge is 0.494 e. The van der Waals surface area contributed by atoms with Crippen LogP contribution >= 0.6 is 27.3 Å². The number of carbonyl (C=O) groups excluding carboxylic acids is 2. The molecule has 2 aliphatic heterocycles. The maximum Gasteiger partial charge on any atom is 0.251 e. The van der Waals surface area contributed by atoms with Crippen molar-refractivity contribution >= 4 is 44.8 Å². The van der Waals surface area contributed by atoms with Crippen molar-refractivity contribution in [3.8, 4) is 5.75 Å². The zero-order valence-corrected chi connectivity index (χ0v) is 18.7. The first kappa shape index (κ1) is 20.5. The van der Waals surface area contributed by atoms with Gasteiger partial charge in [0.25, 0.3) is 5.91 Å². The average Bonchev–Trinajstić information content (AvgIpc) is 3.26. The summed E-state index contributed by atoms with van der Waals surface area (Å²) in [5.41, 5.74) is 0.618. The van der Waals surface area contributed by atoms with E-state index in [9.17, 15) is 9.59 Å². The van der Waals surface area contributed by atoms with E-state index in [4.69, 9.17) is 4.74 Å². The number of piperazine rings is 1. The second-order valence-electron chi connectivity index (χ2n) is 7.23. The van der Waals surface area contributed by atoms with Crippen LogP contribution in [0.5, 0.6) is 5.75 Å². The zero-order valence-electron chi connectivity index (χ0n) is 16.3. The quantitative estimate of drug-likeness (QED) is 0.597. The molecular formula is C21H24BrN3O3S. The van der Waals surface area contributed by atoms with Gasteiger partial charge < -0.3 is 4.74 Å². The van der Waals surface area contributed by atoms with E-state index in [0.717, 1.165) is 42.3 Å². The summed E-state index contributed by atoms with van der Waals surface area (Å²) >= 11 is 5.27. The third kappa shape index (κ3) is 4.55. The molecule has 0 N–H and O–H groups in total. The molecule has 2 aromatic rings. The van der Waals surface area contributed by atoms with Gasteiger partial charge >= 0.3 is 0 Å². The van der Waals surface area contributed by atoms with Gasteiger partial charge in [0.15, 0.2) is 0 Å². The van der Waals surface area contributed by atoms with Gasteiger partial charge in [0.2, 0.25) is 5.91 Å². The molecule has 1 aromatic heterocycles. The van der Waals surface area contributed by atoms with Gasteiger partial charge in [-0.1, -0.05) is 0 Å². The fourth-order valence-electron chi connectivity index (χ4n) is 3.92. The minimum Gasteiger partial charge on any atom is -0.494 e. The Morgan fingerprint density at radius 3 is 2.41 bits per heavy atom. The second kappa shape index (κ2) is 8.95. The lowest BCUT2D eigenvalue weighted by molar-refractivity contribution is -0.123.